The molecule has 1 aliphatic rings. The molecule has 0 fully saturated rings. The first-order chi connectivity index (χ1) is 20.8. The van der Waals surface area contributed by atoms with Crippen molar-refractivity contribution < 1.29 is 33.0 Å². The number of rotatable bonds is 3. The fraction of sp³-hybridized carbons (Fsp3) is 0.441. The lowest BCUT2D eigenvalue weighted by atomic mass is 9.84. The van der Waals surface area contributed by atoms with E-state index >= 15 is 0 Å². The number of hydrogen-bond donors (Lipinski definition) is 0. The van der Waals surface area contributed by atoms with Crippen molar-refractivity contribution in [1.82, 2.24) is 15.1 Å². The van der Waals surface area contributed by atoms with Gasteiger partial charge in [-0.3, -0.25) is 0 Å². The van der Waals surface area contributed by atoms with Gasteiger partial charge in [0.25, 0.3) is 0 Å². The van der Waals surface area contributed by atoms with Crippen LogP contribution < -0.4 is 4.90 Å². The Balaban J connectivity index is 1.68. The van der Waals surface area contributed by atoms with Crippen LogP contribution in [0.15, 0.2) is 54.6 Å². The van der Waals surface area contributed by atoms with Gasteiger partial charge in [0.05, 0.1) is 5.69 Å². The number of amides is 3. The summed E-state index contributed by atoms with van der Waals surface area (Å²) in [6.07, 6.45) is -2.33. The molecule has 0 bridgehead atoms. The topological polar surface area (TPSA) is 111 Å². The minimum absolute atomic E-state index is 0.0623. The average Bonchev–Trinajstić information content (AvgIpc) is 2.90. The van der Waals surface area contributed by atoms with Crippen LogP contribution in [0.1, 0.15) is 84.9 Å². The maximum absolute atomic E-state index is 13.7. The monoisotopic (exact) mass is 620 g/mol. The molecule has 2 heterocycles. The summed E-state index contributed by atoms with van der Waals surface area (Å²) in [7, 11) is 0. The van der Waals surface area contributed by atoms with Crippen molar-refractivity contribution in [2.24, 2.45) is 0 Å². The molecule has 0 spiro atoms. The van der Waals surface area contributed by atoms with Crippen LogP contribution in [0.25, 0.3) is 11.3 Å². The number of carbonyl (C=O) groups excluding carboxylic acids is 3. The lowest BCUT2D eigenvalue weighted by Crippen LogP contribution is -2.44. The number of fused-ring (bicyclic) bond motifs is 1. The van der Waals surface area contributed by atoms with Gasteiger partial charge in [-0.05, 0) is 109 Å². The van der Waals surface area contributed by atoms with Crippen LogP contribution in [0.5, 0.6) is 0 Å². The van der Waals surface area contributed by atoms with Gasteiger partial charge in [-0.25, -0.2) is 18.8 Å². The largest absolute Gasteiger partial charge is 0.444 e. The van der Waals surface area contributed by atoms with Crippen LogP contribution in [-0.2, 0) is 20.8 Å². The summed E-state index contributed by atoms with van der Waals surface area (Å²) < 4.78 is 30.3. The molecule has 1 unspecified atom stereocenters. The number of ether oxygens (including phenoxy) is 3. The highest BCUT2D eigenvalue weighted by Crippen LogP contribution is 2.36. The van der Waals surface area contributed by atoms with Crippen molar-refractivity contribution in [3.63, 3.8) is 0 Å². The number of hydrogen-bond acceptors (Lipinski definition) is 8. The van der Waals surface area contributed by atoms with Gasteiger partial charge in [0.2, 0.25) is 0 Å². The van der Waals surface area contributed by atoms with E-state index in [0.29, 0.717) is 29.2 Å². The van der Waals surface area contributed by atoms with E-state index in [1.54, 1.807) is 64.6 Å². The Morgan fingerprint density at radius 2 is 1.36 bits per heavy atom. The Kier molecular flexibility index (Phi) is 9.23. The highest BCUT2D eigenvalue weighted by atomic mass is 19.1. The fourth-order valence-corrected chi connectivity index (χ4v) is 4.75. The van der Waals surface area contributed by atoms with E-state index in [9.17, 15) is 18.8 Å². The third kappa shape index (κ3) is 8.77. The highest BCUT2D eigenvalue weighted by molar-refractivity contribution is 6.08. The van der Waals surface area contributed by atoms with Gasteiger partial charge in [-0.15, -0.1) is 10.2 Å². The van der Waals surface area contributed by atoms with Gasteiger partial charge in [-0.1, -0.05) is 24.3 Å². The lowest BCUT2D eigenvalue weighted by Gasteiger charge is -2.36. The van der Waals surface area contributed by atoms with E-state index in [0.717, 1.165) is 16.7 Å². The first-order valence-electron chi connectivity index (χ1n) is 14.8. The molecule has 11 heteroatoms. The fourth-order valence-electron chi connectivity index (χ4n) is 4.75. The maximum atomic E-state index is 13.7. The van der Waals surface area contributed by atoms with Crippen LogP contribution in [-0.4, -0.2) is 56.7 Å². The minimum atomic E-state index is -0.943. The third-order valence-electron chi connectivity index (χ3n) is 6.53. The molecule has 240 valence electrons. The number of nitrogens with zero attached hydrogens (tertiary/aromatic N) is 4. The van der Waals surface area contributed by atoms with E-state index in [4.69, 9.17) is 14.2 Å². The molecule has 0 radical (unpaired) electrons. The van der Waals surface area contributed by atoms with E-state index in [-0.39, 0.29) is 17.6 Å². The van der Waals surface area contributed by atoms with Crippen molar-refractivity contribution in [1.29, 1.82) is 0 Å². The Morgan fingerprint density at radius 1 is 0.778 bits per heavy atom. The summed E-state index contributed by atoms with van der Waals surface area (Å²) in [5.74, 6) is -0.610. The minimum Gasteiger partial charge on any atom is -0.444 e. The number of anilines is 1. The van der Waals surface area contributed by atoms with E-state index in [1.807, 2.05) is 39.0 Å². The summed E-state index contributed by atoms with van der Waals surface area (Å²) >= 11 is 0. The molecule has 2 aromatic carbocycles. The molecule has 0 saturated heterocycles. The zero-order valence-electron chi connectivity index (χ0n) is 27.3. The lowest BCUT2D eigenvalue weighted by molar-refractivity contribution is 0.0212. The second-order valence-corrected chi connectivity index (χ2v) is 14.0. The number of aromatic nitrogens is 2. The normalized spacial score (nSPS) is 15.2. The van der Waals surface area contributed by atoms with Crippen molar-refractivity contribution in [3.05, 3.63) is 77.1 Å². The summed E-state index contributed by atoms with van der Waals surface area (Å²) in [4.78, 5) is 41.5. The number of benzene rings is 2. The number of carbonyl (C=O) groups is 3. The highest BCUT2D eigenvalue weighted by Gasteiger charge is 2.35. The average molecular weight is 621 g/mol. The third-order valence-corrected chi connectivity index (χ3v) is 6.53. The van der Waals surface area contributed by atoms with Crippen LogP contribution in [0.3, 0.4) is 0 Å². The summed E-state index contributed by atoms with van der Waals surface area (Å²) in [6, 6.07) is 15.2. The number of halogens is 1. The van der Waals surface area contributed by atoms with Gasteiger partial charge in [0.15, 0.2) is 5.82 Å². The molecule has 3 amide bonds. The van der Waals surface area contributed by atoms with Gasteiger partial charge in [0.1, 0.15) is 22.6 Å². The first kappa shape index (κ1) is 33.4. The van der Waals surface area contributed by atoms with Gasteiger partial charge in [0, 0.05) is 24.6 Å². The molecule has 1 aliphatic heterocycles. The standard InChI is InChI=1S/C34H41FN4O6/c1-32(2,3)43-29(40)38-19-23-18-22(12-15-25(23)26(20-38)21-10-13-24(35)14-11-21)27-16-17-28(37-36-27)39(30(41)44-33(4,5)6)31(42)45-34(7,8)9/h10-18,26H,19-20H2,1-9H3. The van der Waals surface area contributed by atoms with Crippen molar-refractivity contribution in [3.8, 4) is 11.3 Å². The summed E-state index contributed by atoms with van der Waals surface area (Å²) in [5.41, 5.74) is 1.51. The molecule has 10 nitrogen and oxygen atoms in total. The second-order valence-electron chi connectivity index (χ2n) is 14.0. The number of imide groups is 1. The van der Waals surface area contributed by atoms with Crippen LogP contribution in [0.4, 0.5) is 24.6 Å². The van der Waals surface area contributed by atoms with Crippen molar-refractivity contribution in [2.75, 3.05) is 11.4 Å². The van der Waals surface area contributed by atoms with Crippen LogP contribution >= 0.6 is 0 Å². The molecule has 1 atom stereocenters. The van der Waals surface area contributed by atoms with Crippen molar-refractivity contribution >= 4 is 24.1 Å². The first-order valence-corrected chi connectivity index (χ1v) is 14.8. The second kappa shape index (κ2) is 12.5. The maximum Gasteiger partial charge on any atom is 0.425 e. The zero-order chi connectivity index (χ0) is 33.3. The molecular weight excluding hydrogens is 579 g/mol. The van der Waals surface area contributed by atoms with E-state index in [2.05, 4.69) is 10.2 Å². The predicted octanol–water partition coefficient (Wildman–Crippen LogP) is 7.84. The molecule has 1 aromatic heterocycles. The molecule has 0 N–H and O–H groups in total. The summed E-state index contributed by atoms with van der Waals surface area (Å²) in [5, 5.41) is 8.49. The van der Waals surface area contributed by atoms with Gasteiger partial charge < -0.3 is 19.1 Å². The quantitative estimate of drug-likeness (QED) is 0.272. The molecule has 3 aromatic rings. The molecule has 0 saturated carbocycles. The Labute approximate surface area is 263 Å². The Bertz CT molecular complexity index is 1530. The summed E-state index contributed by atoms with van der Waals surface area (Å²) in [6.45, 7) is 16.2. The van der Waals surface area contributed by atoms with E-state index < -0.39 is 35.1 Å². The predicted molar refractivity (Wildman–Crippen MR) is 167 cm³/mol. The molecular formula is C34H41FN4O6. The Hall–Kier alpha value is -4.54. The van der Waals surface area contributed by atoms with E-state index in [1.165, 1.54) is 18.2 Å². The Morgan fingerprint density at radius 3 is 1.87 bits per heavy atom. The molecule has 4 rings (SSSR count). The molecule has 45 heavy (non-hydrogen) atoms. The molecule has 0 aliphatic carbocycles. The van der Waals surface area contributed by atoms with Crippen LogP contribution in [0.2, 0.25) is 0 Å². The zero-order valence-corrected chi connectivity index (χ0v) is 27.3. The van der Waals surface area contributed by atoms with Gasteiger partial charge in [-0.2, -0.15) is 4.90 Å². The van der Waals surface area contributed by atoms with Crippen molar-refractivity contribution in [2.45, 2.75) is 91.6 Å². The van der Waals surface area contributed by atoms with Crippen LogP contribution in [0, 0.1) is 5.82 Å². The smallest absolute Gasteiger partial charge is 0.425 e. The van der Waals surface area contributed by atoms with Gasteiger partial charge >= 0.3 is 18.3 Å². The SMILES string of the molecule is CC(C)(C)OC(=O)N1Cc2cc(-c3ccc(N(C(=O)OC(C)(C)C)C(=O)OC(C)(C)C)nn3)ccc2C(c2ccc(F)cc2)C1.